The van der Waals surface area contributed by atoms with Gasteiger partial charge in [0.1, 0.15) is 39.8 Å². The Morgan fingerprint density at radius 3 is 1.33 bits per heavy atom. The summed E-state index contributed by atoms with van der Waals surface area (Å²) < 4.78 is 68.4. The van der Waals surface area contributed by atoms with Crippen molar-refractivity contribution >= 4 is 46.7 Å². The molecule has 21 nitrogen and oxygen atoms in total. The third-order valence-corrected chi connectivity index (χ3v) is 11.4. The summed E-state index contributed by atoms with van der Waals surface area (Å²) >= 11 is 0. The molecule has 0 bridgehead atoms. The summed E-state index contributed by atoms with van der Waals surface area (Å²) in [6.07, 6.45) is -1.86. The molecule has 0 heterocycles. The van der Waals surface area contributed by atoms with E-state index in [1.54, 1.807) is 125 Å². The molecule has 0 radical (unpaired) electrons. The third-order valence-electron chi connectivity index (χ3n) is 10.6. The van der Waals surface area contributed by atoms with Gasteiger partial charge in [-0.2, -0.15) is 8.42 Å². The molecular weight excluding hydrogens is 1000 g/mol. The smallest absolute Gasteiger partial charge is 0.413 e. The van der Waals surface area contributed by atoms with Crippen molar-refractivity contribution in [1.82, 2.24) is 30.2 Å². The average molecular weight is 1110 g/mol. The Labute approximate surface area is 457 Å². The first-order valence-corrected chi connectivity index (χ1v) is 28.9. The molecule has 0 rings (SSSR count). The average Bonchev–Trinajstić information content (AvgIpc) is 3.18. The molecule has 22 heteroatoms. The largest absolute Gasteiger partial charge is 0.444 e. The van der Waals surface area contributed by atoms with Crippen LogP contribution in [-0.2, 0) is 38.5 Å². The van der Waals surface area contributed by atoms with Crippen molar-refractivity contribution in [2.24, 2.45) is 5.92 Å². The van der Waals surface area contributed by atoms with Gasteiger partial charge in [-0.1, -0.05) is 52.9 Å². The van der Waals surface area contributed by atoms with Crippen LogP contribution in [0.15, 0.2) is 0 Å². The van der Waals surface area contributed by atoms with Gasteiger partial charge in [0, 0.05) is 38.6 Å². The van der Waals surface area contributed by atoms with Crippen molar-refractivity contribution in [2.75, 3.05) is 38.5 Å². The van der Waals surface area contributed by atoms with Gasteiger partial charge < -0.3 is 38.6 Å². The van der Waals surface area contributed by atoms with Crippen LogP contribution in [0.5, 0.6) is 0 Å². The monoisotopic (exact) mass is 1110 g/mol. The van der Waals surface area contributed by atoms with Crippen LogP contribution < -0.4 is 10.6 Å². The molecule has 0 fully saturated rings. The predicted molar refractivity (Wildman–Crippen MR) is 294 cm³/mol. The Bertz CT molecular complexity index is 1930. The van der Waals surface area contributed by atoms with Crippen molar-refractivity contribution in [3.8, 4) is 0 Å². The summed E-state index contributed by atoms with van der Waals surface area (Å²) in [7, 11) is -4.18. The van der Waals surface area contributed by atoms with Gasteiger partial charge in [-0.25, -0.2) is 28.8 Å². The number of hydrogen-bond donors (Lipinski definition) is 3. The van der Waals surface area contributed by atoms with Crippen LogP contribution in [-0.4, -0.2) is 153 Å². The Hall–Kier alpha value is -4.47. The van der Waals surface area contributed by atoms with Crippen molar-refractivity contribution in [3.05, 3.63) is 0 Å². The van der Waals surface area contributed by atoms with Crippen molar-refractivity contribution in [1.29, 1.82) is 0 Å². The highest BCUT2D eigenvalue weighted by Gasteiger charge is 2.56. The molecule has 0 aromatic rings. The van der Waals surface area contributed by atoms with Crippen LogP contribution in [0.2, 0.25) is 0 Å². The van der Waals surface area contributed by atoms with Crippen molar-refractivity contribution < 1.29 is 70.2 Å². The number of alkyl carbamates (subject to hydrolysis) is 2. The van der Waals surface area contributed by atoms with E-state index in [4.69, 9.17) is 28.4 Å². The van der Waals surface area contributed by atoms with Gasteiger partial charge in [0.05, 0.1) is 5.75 Å². The normalized spacial score (nSPS) is 14.2. The minimum atomic E-state index is -4.18. The second kappa shape index (κ2) is 30.6. The highest BCUT2D eigenvalue weighted by molar-refractivity contribution is 7.85. The summed E-state index contributed by atoms with van der Waals surface area (Å²) in [4.78, 5) is 92.8. The lowest BCUT2D eigenvalue weighted by Crippen LogP contribution is -2.77. The molecule has 446 valence electrons. The molecule has 0 aliphatic rings. The zero-order valence-corrected chi connectivity index (χ0v) is 51.6. The number of hydrogen-bond acceptors (Lipinski definition) is 14. The minimum absolute atomic E-state index is 0.0568. The predicted octanol–water partition coefficient (Wildman–Crippen LogP) is 12.2. The zero-order chi connectivity index (χ0) is 59.3. The van der Waals surface area contributed by atoms with Crippen LogP contribution >= 0.6 is 0 Å². The van der Waals surface area contributed by atoms with E-state index in [-0.39, 0.29) is 58.4 Å². The fourth-order valence-electron chi connectivity index (χ4n) is 7.89. The topological polar surface area (TPSA) is 249 Å². The van der Waals surface area contributed by atoms with E-state index in [9.17, 15) is 32.1 Å². The second-order valence-corrected chi connectivity index (χ2v) is 27.0. The Balaban J connectivity index is 8.81. The Morgan fingerprint density at radius 2 is 0.882 bits per heavy atom. The molecule has 3 atom stereocenters. The first-order chi connectivity index (χ1) is 34.4. The van der Waals surface area contributed by atoms with Gasteiger partial charge in [-0.15, -0.1) is 0 Å². The Morgan fingerprint density at radius 1 is 0.461 bits per heavy atom. The molecule has 76 heavy (non-hydrogen) atoms. The lowest BCUT2D eigenvalue weighted by molar-refractivity contribution is -0.125. The second-order valence-electron chi connectivity index (χ2n) is 25.4. The van der Waals surface area contributed by atoms with Crippen LogP contribution in [0.4, 0.5) is 28.8 Å². The molecule has 0 aromatic carbocycles. The first kappa shape index (κ1) is 71.5. The molecule has 0 aliphatic heterocycles. The standard InChI is InChI=1S/C54H104N6O15S/c1-22-25-37-60(47(66)75-53(19,20)21)54(56-43(62)71-49(7,8)9,59(35-24-3)46(65)74-52(16,17)18)40(32-29-27-26-28-30-38-76(67,68)69)39-57(44(63)72-50(10,11)12)36-31-33-41(55-42(61)70-48(4,5)6)58(34-23-2)45(64)73-51(13,14)15/h40-41H,22-39H2,1-21H3,(H,55,61)(H,56,62)(H,67,68,69). The maximum atomic E-state index is 15.2. The van der Waals surface area contributed by atoms with E-state index in [1.165, 1.54) is 19.6 Å². The number of amides is 6. The minimum Gasteiger partial charge on any atom is -0.444 e. The first-order valence-electron chi connectivity index (χ1n) is 27.3. The van der Waals surface area contributed by atoms with E-state index in [1.807, 2.05) is 20.8 Å². The van der Waals surface area contributed by atoms with E-state index in [0.717, 1.165) is 0 Å². The van der Waals surface area contributed by atoms with Crippen LogP contribution in [0.25, 0.3) is 0 Å². The van der Waals surface area contributed by atoms with Crippen LogP contribution in [0, 0.1) is 5.92 Å². The van der Waals surface area contributed by atoms with E-state index < -0.39 is 104 Å². The summed E-state index contributed by atoms with van der Waals surface area (Å²) in [6, 6.07) is 0. The van der Waals surface area contributed by atoms with Crippen molar-refractivity contribution in [2.45, 2.75) is 268 Å². The highest BCUT2D eigenvalue weighted by Crippen LogP contribution is 2.37. The maximum absolute atomic E-state index is 15.2. The highest BCUT2D eigenvalue weighted by atomic mass is 32.2. The van der Waals surface area contributed by atoms with Crippen LogP contribution in [0.3, 0.4) is 0 Å². The lowest BCUT2D eigenvalue weighted by atomic mass is 9.89. The van der Waals surface area contributed by atoms with Crippen LogP contribution in [0.1, 0.15) is 222 Å². The van der Waals surface area contributed by atoms with E-state index in [0.29, 0.717) is 51.4 Å². The number of nitrogens with one attached hydrogen (secondary N) is 2. The van der Waals surface area contributed by atoms with E-state index >= 15 is 9.59 Å². The maximum Gasteiger partial charge on any atom is 0.413 e. The number of nitrogens with zero attached hydrogens (tertiary/aromatic N) is 4. The number of ether oxygens (including phenoxy) is 6. The number of unbranched alkanes of at least 4 members (excludes halogenated alkanes) is 5. The number of carbonyl (C=O) groups is 6. The van der Waals surface area contributed by atoms with Crippen molar-refractivity contribution in [3.63, 3.8) is 0 Å². The quantitative estimate of drug-likeness (QED) is 0.0299. The number of carbonyl (C=O) groups excluding carboxylic acids is 6. The summed E-state index contributed by atoms with van der Waals surface area (Å²) in [5.74, 6) is -3.71. The Kier molecular flexibility index (Phi) is 28.8. The zero-order valence-electron chi connectivity index (χ0n) is 50.7. The summed E-state index contributed by atoms with van der Waals surface area (Å²) in [5.41, 5.74) is -6.01. The molecule has 0 aliphatic carbocycles. The molecule has 6 amide bonds. The van der Waals surface area contributed by atoms with Gasteiger partial charge >= 0.3 is 36.6 Å². The molecule has 0 saturated carbocycles. The van der Waals surface area contributed by atoms with Gasteiger partial charge in [0.15, 0.2) is 0 Å². The lowest BCUT2D eigenvalue weighted by Gasteiger charge is -2.54. The molecule has 0 saturated heterocycles. The van der Waals surface area contributed by atoms with Gasteiger partial charge in [-0.05, 0) is 170 Å². The third kappa shape index (κ3) is 30.5. The molecule has 0 spiro atoms. The fraction of sp³-hybridized carbons (Fsp3) is 0.889. The van der Waals surface area contributed by atoms with Gasteiger partial charge in [0.25, 0.3) is 10.1 Å². The summed E-state index contributed by atoms with van der Waals surface area (Å²) in [6.45, 7) is 36.0. The fourth-order valence-corrected chi connectivity index (χ4v) is 8.46. The van der Waals surface area contributed by atoms with E-state index in [2.05, 4.69) is 10.6 Å². The van der Waals surface area contributed by atoms with Gasteiger partial charge in [0.2, 0.25) is 5.79 Å². The number of rotatable bonds is 27. The summed E-state index contributed by atoms with van der Waals surface area (Å²) in [5, 5.41) is 5.91. The molecule has 0 aromatic heterocycles. The molecule has 3 N–H and O–H groups in total. The SMILES string of the molecule is CCCCN(C(=O)OC(C)(C)C)C(NC(=O)OC(C)(C)C)(C(CCCCCCCS(=O)(=O)O)CN(CCCC(NC(=O)OC(C)(C)C)N(CCC)C(=O)OC(C)(C)C)C(=O)OC(C)(C)C)N(CCC)C(=O)OC(C)(C)C. The van der Waals surface area contributed by atoms with Gasteiger partial charge in [-0.3, -0.25) is 24.6 Å². The molecular formula is C54H104N6O15S. The molecule has 3 unspecified atom stereocenters.